The molecule has 0 unspecified atom stereocenters. The fraction of sp³-hybridized carbons (Fsp3) is 0.259. The number of ether oxygens (including phenoxy) is 1. The summed E-state index contributed by atoms with van der Waals surface area (Å²) in [6, 6.07) is 16.8. The molecule has 7 nitrogen and oxygen atoms in total. The maximum Gasteiger partial charge on any atom is 0.338 e. The number of aryl methyl sites for hydroxylation is 4. The number of nitrogens with zero attached hydrogens (tertiary/aromatic N) is 1. The summed E-state index contributed by atoms with van der Waals surface area (Å²) in [5.41, 5.74) is 4.49. The first kappa shape index (κ1) is 26.0. The lowest BCUT2D eigenvalue weighted by molar-refractivity contribution is -0.114. The Bertz CT molecular complexity index is 1350. The van der Waals surface area contributed by atoms with E-state index in [0.29, 0.717) is 22.5 Å². The summed E-state index contributed by atoms with van der Waals surface area (Å²) in [7, 11) is -4.02. The van der Waals surface area contributed by atoms with Crippen LogP contribution >= 0.6 is 0 Å². The number of rotatable bonds is 8. The molecule has 0 fully saturated rings. The second-order valence-electron chi connectivity index (χ2n) is 8.41. The van der Waals surface area contributed by atoms with Crippen molar-refractivity contribution >= 4 is 33.3 Å². The van der Waals surface area contributed by atoms with Gasteiger partial charge in [0.05, 0.1) is 22.8 Å². The number of sulfonamides is 1. The van der Waals surface area contributed by atoms with Gasteiger partial charge in [0.15, 0.2) is 0 Å². The first-order valence-electron chi connectivity index (χ1n) is 11.3. The molecule has 0 aromatic heterocycles. The minimum Gasteiger partial charge on any atom is -0.462 e. The topological polar surface area (TPSA) is 92.8 Å². The Morgan fingerprint density at radius 2 is 1.51 bits per heavy atom. The molecule has 0 saturated heterocycles. The van der Waals surface area contributed by atoms with Crippen LogP contribution in [0.1, 0.15) is 39.5 Å². The molecule has 0 saturated carbocycles. The average molecular weight is 495 g/mol. The van der Waals surface area contributed by atoms with Crippen LogP contribution in [0.3, 0.4) is 0 Å². The van der Waals surface area contributed by atoms with Crippen LogP contribution in [0.25, 0.3) is 0 Å². The predicted molar refractivity (Wildman–Crippen MR) is 137 cm³/mol. The zero-order chi connectivity index (χ0) is 25.8. The lowest BCUT2D eigenvalue weighted by Crippen LogP contribution is -2.38. The number of carbonyl (C=O) groups excluding carboxylic acids is 2. The Kier molecular flexibility index (Phi) is 7.96. The quantitative estimate of drug-likeness (QED) is 0.448. The molecule has 0 aliphatic carbocycles. The van der Waals surface area contributed by atoms with Crippen molar-refractivity contribution in [1.82, 2.24) is 0 Å². The average Bonchev–Trinajstić information content (AvgIpc) is 2.81. The maximum atomic E-state index is 13.6. The molecule has 0 aliphatic rings. The first-order valence-corrected chi connectivity index (χ1v) is 12.7. The molecule has 1 N–H and O–H groups in total. The smallest absolute Gasteiger partial charge is 0.338 e. The van der Waals surface area contributed by atoms with E-state index in [9.17, 15) is 18.0 Å². The predicted octanol–water partition coefficient (Wildman–Crippen LogP) is 4.93. The lowest BCUT2D eigenvalue weighted by atomic mass is 10.1. The molecule has 0 radical (unpaired) electrons. The van der Waals surface area contributed by atoms with Gasteiger partial charge in [-0.2, -0.15) is 0 Å². The van der Waals surface area contributed by atoms with E-state index in [4.69, 9.17) is 4.74 Å². The summed E-state index contributed by atoms with van der Waals surface area (Å²) in [6.07, 6.45) is 0. The van der Waals surface area contributed by atoms with E-state index in [1.54, 1.807) is 62.4 Å². The molecule has 3 aromatic rings. The number of hydrogen-bond acceptors (Lipinski definition) is 5. The van der Waals surface area contributed by atoms with Crippen LogP contribution in [0.15, 0.2) is 65.6 Å². The Morgan fingerprint density at radius 1 is 0.857 bits per heavy atom. The Labute approximate surface area is 206 Å². The van der Waals surface area contributed by atoms with Crippen LogP contribution < -0.4 is 9.62 Å². The summed E-state index contributed by atoms with van der Waals surface area (Å²) < 4.78 is 33.4. The molecule has 3 rings (SSSR count). The summed E-state index contributed by atoms with van der Waals surface area (Å²) >= 11 is 0. The third-order valence-electron chi connectivity index (χ3n) is 5.54. The number of amides is 1. The fourth-order valence-corrected chi connectivity index (χ4v) is 5.07. The van der Waals surface area contributed by atoms with E-state index in [0.717, 1.165) is 21.0 Å². The molecule has 0 atom stereocenters. The van der Waals surface area contributed by atoms with Crippen molar-refractivity contribution in [3.63, 3.8) is 0 Å². The molecular formula is C27H30N2O5S. The van der Waals surface area contributed by atoms with Gasteiger partial charge in [0.2, 0.25) is 5.91 Å². The second kappa shape index (κ2) is 10.7. The number of benzene rings is 3. The number of esters is 1. The Morgan fingerprint density at radius 3 is 2.14 bits per heavy atom. The van der Waals surface area contributed by atoms with Gasteiger partial charge in [-0.15, -0.1) is 0 Å². The maximum absolute atomic E-state index is 13.6. The van der Waals surface area contributed by atoms with Crippen molar-refractivity contribution in [3.8, 4) is 0 Å². The van der Waals surface area contributed by atoms with E-state index in [1.165, 1.54) is 0 Å². The zero-order valence-corrected chi connectivity index (χ0v) is 21.4. The van der Waals surface area contributed by atoms with E-state index in [2.05, 4.69) is 5.32 Å². The highest BCUT2D eigenvalue weighted by Gasteiger charge is 2.28. The number of anilines is 2. The monoisotopic (exact) mass is 494 g/mol. The van der Waals surface area contributed by atoms with Crippen molar-refractivity contribution in [1.29, 1.82) is 0 Å². The van der Waals surface area contributed by atoms with Crippen LogP contribution in [-0.2, 0) is 19.6 Å². The van der Waals surface area contributed by atoms with E-state index in [1.807, 2.05) is 32.9 Å². The van der Waals surface area contributed by atoms with Crippen LogP contribution in [-0.4, -0.2) is 33.4 Å². The van der Waals surface area contributed by atoms with Crippen molar-refractivity contribution in [3.05, 3.63) is 88.5 Å². The van der Waals surface area contributed by atoms with E-state index in [-0.39, 0.29) is 11.5 Å². The Balaban J connectivity index is 1.94. The van der Waals surface area contributed by atoms with Crippen molar-refractivity contribution in [2.24, 2.45) is 0 Å². The third-order valence-corrected chi connectivity index (χ3v) is 7.32. The Hall–Kier alpha value is -3.65. The zero-order valence-electron chi connectivity index (χ0n) is 20.6. The van der Waals surface area contributed by atoms with Gasteiger partial charge in [0, 0.05) is 5.69 Å². The number of hydrogen-bond donors (Lipinski definition) is 1. The van der Waals surface area contributed by atoms with Crippen molar-refractivity contribution in [2.75, 3.05) is 22.8 Å². The molecule has 35 heavy (non-hydrogen) atoms. The first-order chi connectivity index (χ1) is 16.5. The van der Waals surface area contributed by atoms with E-state index < -0.39 is 28.4 Å². The third kappa shape index (κ3) is 6.08. The van der Waals surface area contributed by atoms with Crippen molar-refractivity contribution in [2.45, 2.75) is 39.5 Å². The van der Waals surface area contributed by atoms with Crippen molar-refractivity contribution < 1.29 is 22.7 Å². The summed E-state index contributed by atoms with van der Waals surface area (Å²) in [4.78, 5) is 25.2. The summed E-state index contributed by atoms with van der Waals surface area (Å²) in [5, 5.41) is 2.78. The minimum atomic E-state index is -4.02. The molecule has 0 heterocycles. The van der Waals surface area contributed by atoms with Gasteiger partial charge in [-0.1, -0.05) is 29.8 Å². The minimum absolute atomic E-state index is 0.103. The van der Waals surface area contributed by atoms with Gasteiger partial charge < -0.3 is 10.1 Å². The van der Waals surface area contributed by atoms with Crippen LogP contribution in [0.5, 0.6) is 0 Å². The summed E-state index contributed by atoms with van der Waals surface area (Å²) in [6.45, 7) is 8.88. The number of nitrogens with one attached hydrogen (secondary N) is 1. The number of carbonyl (C=O) groups is 2. The fourth-order valence-electron chi connectivity index (χ4n) is 3.59. The van der Waals surface area contributed by atoms with Crippen LogP contribution in [0.2, 0.25) is 0 Å². The SMILES string of the molecule is CCOC(=O)c1ccc(NC(=O)CN(c2cc(C)ccc2C)S(=O)(=O)c2ccc(C)cc2)c(C)c1. The standard InChI is InChI=1S/C27H30N2O5S/c1-6-34-27(31)22-11-14-24(21(5)16-22)28-26(30)17-29(25-15-19(3)7-10-20(25)4)35(32,33)23-12-8-18(2)9-13-23/h7-16H,6,17H2,1-5H3,(H,28,30). The molecule has 0 bridgehead atoms. The second-order valence-corrected chi connectivity index (χ2v) is 10.3. The highest BCUT2D eigenvalue weighted by molar-refractivity contribution is 7.92. The van der Waals surface area contributed by atoms with Gasteiger partial charge in [-0.25, -0.2) is 13.2 Å². The molecule has 1 amide bonds. The normalized spacial score (nSPS) is 11.1. The molecule has 3 aromatic carbocycles. The summed E-state index contributed by atoms with van der Waals surface area (Å²) in [5.74, 6) is -0.952. The van der Waals surface area contributed by atoms with Gasteiger partial charge >= 0.3 is 5.97 Å². The van der Waals surface area contributed by atoms with Crippen LogP contribution in [0.4, 0.5) is 11.4 Å². The van der Waals surface area contributed by atoms with Crippen LogP contribution in [0, 0.1) is 27.7 Å². The highest BCUT2D eigenvalue weighted by Crippen LogP contribution is 2.28. The van der Waals surface area contributed by atoms with Gasteiger partial charge in [0.1, 0.15) is 6.54 Å². The molecule has 0 spiro atoms. The van der Waals surface area contributed by atoms with E-state index >= 15 is 0 Å². The largest absolute Gasteiger partial charge is 0.462 e. The molecule has 8 heteroatoms. The molecular weight excluding hydrogens is 464 g/mol. The molecule has 184 valence electrons. The van der Waals surface area contributed by atoms with Gasteiger partial charge in [0.25, 0.3) is 10.0 Å². The van der Waals surface area contributed by atoms with Gasteiger partial charge in [-0.05, 0) is 87.7 Å². The van der Waals surface area contributed by atoms with Gasteiger partial charge in [-0.3, -0.25) is 9.10 Å². The molecule has 0 aliphatic heterocycles. The highest BCUT2D eigenvalue weighted by atomic mass is 32.2. The lowest BCUT2D eigenvalue weighted by Gasteiger charge is -2.26.